The van der Waals surface area contributed by atoms with Crippen LogP contribution < -0.4 is 9.64 Å². The van der Waals surface area contributed by atoms with Crippen LogP contribution in [0.2, 0.25) is 0 Å². The van der Waals surface area contributed by atoms with Crippen molar-refractivity contribution in [3.05, 3.63) is 59.2 Å². The predicted octanol–water partition coefficient (Wildman–Crippen LogP) is 4.13. The van der Waals surface area contributed by atoms with E-state index < -0.39 is 0 Å². The van der Waals surface area contributed by atoms with Crippen molar-refractivity contribution in [2.24, 2.45) is 0 Å². The number of para-hydroxylation sites is 1. The van der Waals surface area contributed by atoms with E-state index in [1.165, 1.54) is 11.1 Å². The van der Waals surface area contributed by atoms with Gasteiger partial charge in [0.05, 0.1) is 12.8 Å². The van der Waals surface area contributed by atoms with E-state index in [1.807, 2.05) is 29.2 Å². The van der Waals surface area contributed by atoms with Crippen molar-refractivity contribution in [1.29, 1.82) is 0 Å². The van der Waals surface area contributed by atoms with Crippen molar-refractivity contribution in [1.82, 2.24) is 4.90 Å². The fourth-order valence-corrected chi connectivity index (χ4v) is 3.60. The van der Waals surface area contributed by atoms with Crippen LogP contribution in [0.1, 0.15) is 41.8 Å². The standard InChI is InChI=1S/C22H28N2O2/c1-4-23(5-2)16-17-11-13-19(14-12-17)22(25)24-15-7-9-18-8-6-10-20(26-3)21(18)24/h6,8,10-14H,4-5,7,9,15-16H2,1-3H3. The Kier molecular flexibility index (Phi) is 5.94. The maximum atomic E-state index is 13.1. The van der Waals surface area contributed by atoms with Crippen molar-refractivity contribution < 1.29 is 9.53 Å². The number of carbonyl (C=O) groups excluding carboxylic acids is 1. The lowest BCUT2D eigenvalue weighted by molar-refractivity contribution is 0.0984. The summed E-state index contributed by atoms with van der Waals surface area (Å²) < 4.78 is 5.52. The number of benzene rings is 2. The first-order chi connectivity index (χ1) is 12.7. The molecule has 4 heteroatoms. The Hall–Kier alpha value is -2.33. The van der Waals surface area contributed by atoms with Crippen LogP contribution in [0.4, 0.5) is 5.69 Å². The number of hydrogen-bond donors (Lipinski definition) is 0. The Labute approximate surface area is 156 Å². The van der Waals surface area contributed by atoms with E-state index >= 15 is 0 Å². The van der Waals surface area contributed by atoms with E-state index in [9.17, 15) is 4.79 Å². The first-order valence-electron chi connectivity index (χ1n) is 9.47. The number of ether oxygens (including phenoxy) is 1. The van der Waals surface area contributed by atoms with Crippen LogP contribution >= 0.6 is 0 Å². The van der Waals surface area contributed by atoms with Gasteiger partial charge >= 0.3 is 0 Å². The normalized spacial score (nSPS) is 13.6. The molecule has 0 N–H and O–H groups in total. The second kappa shape index (κ2) is 8.37. The number of methoxy groups -OCH3 is 1. The van der Waals surface area contributed by atoms with E-state index in [-0.39, 0.29) is 5.91 Å². The zero-order chi connectivity index (χ0) is 18.5. The minimum Gasteiger partial charge on any atom is -0.495 e. The van der Waals surface area contributed by atoms with Gasteiger partial charge in [-0.25, -0.2) is 0 Å². The maximum absolute atomic E-state index is 13.1. The third-order valence-electron chi connectivity index (χ3n) is 5.15. The van der Waals surface area contributed by atoms with Crippen LogP contribution in [-0.4, -0.2) is 37.6 Å². The molecule has 4 nitrogen and oxygen atoms in total. The molecule has 0 spiro atoms. The van der Waals surface area contributed by atoms with Gasteiger partial charge in [0.2, 0.25) is 0 Å². The lowest BCUT2D eigenvalue weighted by Gasteiger charge is -2.31. The molecule has 0 saturated heterocycles. The van der Waals surface area contributed by atoms with E-state index in [2.05, 4.69) is 36.9 Å². The van der Waals surface area contributed by atoms with Crippen molar-refractivity contribution >= 4 is 11.6 Å². The lowest BCUT2D eigenvalue weighted by Crippen LogP contribution is -2.35. The van der Waals surface area contributed by atoms with Crippen LogP contribution in [-0.2, 0) is 13.0 Å². The highest BCUT2D eigenvalue weighted by Crippen LogP contribution is 2.36. The predicted molar refractivity (Wildman–Crippen MR) is 106 cm³/mol. The Morgan fingerprint density at radius 2 is 1.85 bits per heavy atom. The van der Waals surface area contributed by atoms with Gasteiger partial charge in [0.15, 0.2) is 0 Å². The van der Waals surface area contributed by atoms with Crippen LogP contribution in [0.5, 0.6) is 5.75 Å². The lowest BCUT2D eigenvalue weighted by atomic mass is 9.99. The minimum atomic E-state index is 0.0461. The van der Waals surface area contributed by atoms with Gasteiger partial charge in [-0.15, -0.1) is 0 Å². The fraction of sp³-hybridized carbons (Fsp3) is 0.409. The number of carbonyl (C=O) groups is 1. The third-order valence-corrected chi connectivity index (χ3v) is 5.15. The first-order valence-corrected chi connectivity index (χ1v) is 9.47. The summed E-state index contributed by atoms with van der Waals surface area (Å²) in [6, 6.07) is 14.0. The molecule has 138 valence electrons. The summed E-state index contributed by atoms with van der Waals surface area (Å²) in [5.74, 6) is 0.818. The maximum Gasteiger partial charge on any atom is 0.258 e. The number of hydrogen-bond acceptors (Lipinski definition) is 3. The summed E-state index contributed by atoms with van der Waals surface area (Å²) >= 11 is 0. The average molecular weight is 352 g/mol. The molecule has 1 heterocycles. The summed E-state index contributed by atoms with van der Waals surface area (Å²) in [4.78, 5) is 17.4. The van der Waals surface area contributed by atoms with Crippen LogP contribution in [0.3, 0.4) is 0 Å². The number of anilines is 1. The highest BCUT2D eigenvalue weighted by Gasteiger charge is 2.26. The zero-order valence-electron chi connectivity index (χ0n) is 16.0. The van der Waals surface area contributed by atoms with Crippen molar-refractivity contribution in [2.45, 2.75) is 33.2 Å². The zero-order valence-corrected chi connectivity index (χ0v) is 16.0. The van der Waals surface area contributed by atoms with E-state index in [1.54, 1.807) is 7.11 Å². The summed E-state index contributed by atoms with van der Waals surface area (Å²) in [5, 5.41) is 0. The number of aryl methyl sites for hydroxylation is 1. The molecule has 2 aromatic rings. The molecule has 3 rings (SSSR count). The SMILES string of the molecule is CCN(CC)Cc1ccc(C(=O)N2CCCc3cccc(OC)c32)cc1. The highest BCUT2D eigenvalue weighted by molar-refractivity contribution is 6.07. The fourth-order valence-electron chi connectivity index (χ4n) is 3.60. The quantitative estimate of drug-likeness (QED) is 0.784. The third kappa shape index (κ3) is 3.75. The molecule has 1 amide bonds. The highest BCUT2D eigenvalue weighted by atomic mass is 16.5. The Balaban J connectivity index is 1.83. The van der Waals surface area contributed by atoms with E-state index in [0.29, 0.717) is 0 Å². The van der Waals surface area contributed by atoms with Crippen LogP contribution in [0, 0.1) is 0 Å². The van der Waals surface area contributed by atoms with Crippen molar-refractivity contribution in [3.8, 4) is 5.75 Å². The van der Waals surface area contributed by atoms with Gasteiger partial charge in [-0.2, -0.15) is 0 Å². The molecule has 2 aromatic carbocycles. The molecule has 1 aliphatic rings. The van der Waals surface area contributed by atoms with Gasteiger partial charge in [0, 0.05) is 18.7 Å². The number of fused-ring (bicyclic) bond motifs is 1. The Morgan fingerprint density at radius 1 is 1.12 bits per heavy atom. The molecule has 0 aliphatic carbocycles. The van der Waals surface area contributed by atoms with Gasteiger partial charge < -0.3 is 9.64 Å². The van der Waals surface area contributed by atoms with Crippen LogP contribution in [0.15, 0.2) is 42.5 Å². The molecule has 0 atom stereocenters. The number of rotatable bonds is 6. The molecule has 0 bridgehead atoms. The Bertz CT molecular complexity index is 737. The second-order valence-corrected chi connectivity index (χ2v) is 6.69. The molecule has 1 aliphatic heterocycles. The van der Waals surface area contributed by atoms with Gasteiger partial charge in [0.25, 0.3) is 5.91 Å². The first kappa shape index (κ1) is 18.5. The summed E-state index contributed by atoms with van der Waals surface area (Å²) in [5.41, 5.74) is 4.08. The molecular formula is C22H28N2O2. The van der Waals surface area contributed by atoms with E-state index in [4.69, 9.17) is 4.74 Å². The Morgan fingerprint density at radius 3 is 2.50 bits per heavy atom. The monoisotopic (exact) mass is 352 g/mol. The molecule has 0 radical (unpaired) electrons. The van der Waals surface area contributed by atoms with Gasteiger partial charge in [-0.3, -0.25) is 9.69 Å². The molecule has 0 unspecified atom stereocenters. The summed E-state index contributed by atoms with van der Waals surface area (Å²) in [7, 11) is 1.66. The second-order valence-electron chi connectivity index (χ2n) is 6.69. The molecular weight excluding hydrogens is 324 g/mol. The number of nitrogens with zero attached hydrogens (tertiary/aromatic N) is 2. The van der Waals surface area contributed by atoms with Gasteiger partial charge in [0.1, 0.15) is 5.75 Å². The van der Waals surface area contributed by atoms with E-state index in [0.717, 1.165) is 56.0 Å². The number of amides is 1. The van der Waals surface area contributed by atoms with Gasteiger partial charge in [-0.05, 0) is 55.3 Å². The average Bonchev–Trinajstić information content (AvgIpc) is 2.71. The molecule has 0 aromatic heterocycles. The molecule has 26 heavy (non-hydrogen) atoms. The van der Waals surface area contributed by atoms with Crippen LogP contribution in [0.25, 0.3) is 0 Å². The molecule has 0 fully saturated rings. The largest absolute Gasteiger partial charge is 0.495 e. The van der Waals surface area contributed by atoms with Gasteiger partial charge in [-0.1, -0.05) is 38.1 Å². The smallest absolute Gasteiger partial charge is 0.258 e. The topological polar surface area (TPSA) is 32.8 Å². The summed E-state index contributed by atoms with van der Waals surface area (Å²) in [6.07, 6.45) is 1.96. The minimum absolute atomic E-state index is 0.0461. The molecule has 0 saturated carbocycles. The van der Waals surface area contributed by atoms with Crippen molar-refractivity contribution in [2.75, 3.05) is 31.6 Å². The van der Waals surface area contributed by atoms with Crippen molar-refractivity contribution in [3.63, 3.8) is 0 Å². The summed E-state index contributed by atoms with van der Waals surface area (Å²) in [6.45, 7) is 8.05.